The fourth-order valence-electron chi connectivity index (χ4n) is 1.07. The molecule has 0 heterocycles. The first-order valence-electron chi connectivity index (χ1n) is 4.38. The summed E-state index contributed by atoms with van der Waals surface area (Å²) < 4.78 is 15.6. The van der Waals surface area contributed by atoms with Gasteiger partial charge in [0.15, 0.2) is 0 Å². The predicted octanol–water partition coefficient (Wildman–Crippen LogP) is 3.28. The third-order valence-corrected chi connectivity index (χ3v) is 2.90. The smallest absolute Gasteiger partial charge is 0.316 e. The van der Waals surface area contributed by atoms with E-state index in [4.69, 9.17) is 13.6 Å². The first-order valence-corrected chi connectivity index (χ1v) is 5.47. The molecule has 0 aliphatic rings. The maximum absolute atomic E-state index is 5.56. The van der Waals surface area contributed by atoms with E-state index >= 15 is 0 Å². The molecule has 0 saturated heterocycles. The molecular weight excluding hydrogens is 199 g/mol. The molecule has 0 spiro atoms. The number of hydrogen-bond donors (Lipinski definition) is 0. The van der Waals surface area contributed by atoms with E-state index in [1.165, 1.54) is 0 Å². The second kappa shape index (κ2) is 6.10. The van der Waals surface area contributed by atoms with Crippen molar-refractivity contribution in [2.45, 2.75) is 13.0 Å². The van der Waals surface area contributed by atoms with Crippen LogP contribution >= 0.6 is 8.60 Å². The highest BCUT2D eigenvalue weighted by molar-refractivity contribution is 7.41. The van der Waals surface area contributed by atoms with E-state index in [1.54, 1.807) is 14.2 Å². The summed E-state index contributed by atoms with van der Waals surface area (Å²) in [5.41, 5.74) is 1.12. The summed E-state index contributed by atoms with van der Waals surface area (Å²) in [5, 5.41) is 0. The minimum atomic E-state index is -1.22. The van der Waals surface area contributed by atoms with Crippen LogP contribution in [0.4, 0.5) is 0 Å². The van der Waals surface area contributed by atoms with Crippen molar-refractivity contribution in [2.24, 2.45) is 0 Å². The minimum absolute atomic E-state index is 0.0118. The molecule has 0 N–H and O–H groups in total. The van der Waals surface area contributed by atoms with Gasteiger partial charge in [0, 0.05) is 14.2 Å². The summed E-state index contributed by atoms with van der Waals surface area (Å²) in [6, 6.07) is 9.98. The highest BCUT2D eigenvalue weighted by Gasteiger charge is 2.14. The van der Waals surface area contributed by atoms with Crippen molar-refractivity contribution in [2.75, 3.05) is 14.2 Å². The standard InChI is InChI=1S/C10H15O3P/c1-9(13-14(11-2)12-3)10-7-5-4-6-8-10/h4-9H,1-3H3. The van der Waals surface area contributed by atoms with Crippen molar-refractivity contribution >= 4 is 8.60 Å². The molecule has 1 aromatic rings. The van der Waals surface area contributed by atoms with E-state index in [1.807, 2.05) is 37.3 Å². The molecule has 4 heteroatoms. The van der Waals surface area contributed by atoms with Crippen LogP contribution in [0.2, 0.25) is 0 Å². The summed E-state index contributed by atoms with van der Waals surface area (Å²) in [6.45, 7) is 1.97. The second-order valence-electron chi connectivity index (χ2n) is 2.75. The van der Waals surface area contributed by atoms with E-state index in [-0.39, 0.29) is 6.10 Å². The van der Waals surface area contributed by atoms with E-state index in [0.29, 0.717) is 0 Å². The van der Waals surface area contributed by atoms with Gasteiger partial charge >= 0.3 is 8.60 Å². The second-order valence-corrected chi connectivity index (χ2v) is 4.14. The Balaban J connectivity index is 2.54. The zero-order valence-electron chi connectivity index (χ0n) is 8.64. The van der Waals surface area contributed by atoms with E-state index in [2.05, 4.69) is 0 Å². The van der Waals surface area contributed by atoms with Gasteiger partial charge in [0.05, 0.1) is 6.10 Å². The molecule has 0 radical (unpaired) electrons. The van der Waals surface area contributed by atoms with Crippen LogP contribution in [-0.4, -0.2) is 14.2 Å². The van der Waals surface area contributed by atoms with Crippen molar-refractivity contribution in [1.29, 1.82) is 0 Å². The SMILES string of the molecule is COP(OC)OC(C)c1ccccc1. The normalized spacial score (nSPS) is 13.1. The third kappa shape index (κ3) is 3.35. The molecule has 0 saturated carbocycles. The fourth-order valence-corrected chi connectivity index (χ4v) is 1.78. The van der Waals surface area contributed by atoms with Gasteiger partial charge in [-0.1, -0.05) is 30.3 Å². The van der Waals surface area contributed by atoms with Gasteiger partial charge in [-0.3, -0.25) is 0 Å². The lowest BCUT2D eigenvalue weighted by Crippen LogP contribution is -1.97. The first kappa shape index (κ1) is 11.6. The monoisotopic (exact) mass is 214 g/mol. The van der Waals surface area contributed by atoms with Crippen LogP contribution in [0.1, 0.15) is 18.6 Å². The van der Waals surface area contributed by atoms with Gasteiger partial charge in [0.2, 0.25) is 0 Å². The van der Waals surface area contributed by atoms with Gasteiger partial charge in [-0.2, -0.15) is 0 Å². The van der Waals surface area contributed by atoms with Gasteiger partial charge in [-0.05, 0) is 12.5 Å². The Bertz CT molecular complexity index is 249. The molecule has 0 amide bonds. The summed E-state index contributed by atoms with van der Waals surface area (Å²) in [5.74, 6) is 0. The van der Waals surface area contributed by atoms with Crippen LogP contribution in [-0.2, 0) is 13.6 Å². The molecule has 1 rings (SSSR count). The average Bonchev–Trinajstić information content (AvgIpc) is 2.26. The molecule has 0 fully saturated rings. The highest BCUT2D eigenvalue weighted by atomic mass is 31.2. The molecule has 3 nitrogen and oxygen atoms in total. The first-order chi connectivity index (χ1) is 6.77. The quantitative estimate of drug-likeness (QED) is 0.704. The maximum Gasteiger partial charge on any atom is 0.332 e. The van der Waals surface area contributed by atoms with Crippen LogP contribution in [0.25, 0.3) is 0 Å². The summed E-state index contributed by atoms with van der Waals surface area (Å²) in [7, 11) is 1.93. The largest absolute Gasteiger partial charge is 0.332 e. The lowest BCUT2D eigenvalue weighted by molar-refractivity contribution is 0.158. The summed E-state index contributed by atoms with van der Waals surface area (Å²) in [6.07, 6.45) is -0.0118. The van der Waals surface area contributed by atoms with Crippen molar-refractivity contribution < 1.29 is 13.6 Å². The van der Waals surface area contributed by atoms with Crippen molar-refractivity contribution in [3.63, 3.8) is 0 Å². The van der Waals surface area contributed by atoms with E-state index in [0.717, 1.165) is 5.56 Å². The van der Waals surface area contributed by atoms with E-state index < -0.39 is 8.60 Å². The van der Waals surface area contributed by atoms with Crippen LogP contribution in [0.5, 0.6) is 0 Å². The highest BCUT2D eigenvalue weighted by Crippen LogP contribution is 2.42. The molecule has 14 heavy (non-hydrogen) atoms. The molecular formula is C10H15O3P. The number of benzene rings is 1. The molecule has 1 atom stereocenters. The predicted molar refractivity (Wildman–Crippen MR) is 56.9 cm³/mol. The van der Waals surface area contributed by atoms with Gasteiger partial charge in [-0.15, -0.1) is 0 Å². The Hall–Kier alpha value is -0.470. The van der Waals surface area contributed by atoms with Crippen LogP contribution < -0.4 is 0 Å². The lowest BCUT2D eigenvalue weighted by Gasteiger charge is -2.17. The Morgan fingerprint density at radius 2 is 1.64 bits per heavy atom. The van der Waals surface area contributed by atoms with Gasteiger partial charge in [0.1, 0.15) is 0 Å². The van der Waals surface area contributed by atoms with Crippen molar-refractivity contribution in [3.8, 4) is 0 Å². The fraction of sp³-hybridized carbons (Fsp3) is 0.400. The van der Waals surface area contributed by atoms with E-state index in [9.17, 15) is 0 Å². The Morgan fingerprint density at radius 3 is 2.14 bits per heavy atom. The third-order valence-electron chi connectivity index (χ3n) is 1.81. The Labute approximate surface area is 86.0 Å². The topological polar surface area (TPSA) is 27.7 Å². The molecule has 0 bridgehead atoms. The Kier molecular flexibility index (Phi) is 5.05. The van der Waals surface area contributed by atoms with Crippen molar-refractivity contribution in [1.82, 2.24) is 0 Å². The van der Waals surface area contributed by atoms with Crippen LogP contribution in [0.3, 0.4) is 0 Å². The van der Waals surface area contributed by atoms with Gasteiger partial charge in [0.25, 0.3) is 0 Å². The zero-order chi connectivity index (χ0) is 10.4. The average molecular weight is 214 g/mol. The number of rotatable bonds is 5. The molecule has 0 aliphatic heterocycles. The molecule has 0 aromatic heterocycles. The summed E-state index contributed by atoms with van der Waals surface area (Å²) >= 11 is 0. The molecule has 78 valence electrons. The molecule has 0 aliphatic carbocycles. The molecule has 1 aromatic carbocycles. The zero-order valence-corrected chi connectivity index (χ0v) is 9.53. The minimum Gasteiger partial charge on any atom is -0.316 e. The van der Waals surface area contributed by atoms with Crippen LogP contribution in [0, 0.1) is 0 Å². The maximum atomic E-state index is 5.56. The Morgan fingerprint density at radius 1 is 1.07 bits per heavy atom. The van der Waals surface area contributed by atoms with Gasteiger partial charge in [-0.25, -0.2) is 0 Å². The lowest BCUT2D eigenvalue weighted by atomic mass is 10.1. The summed E-state index contributed by atoms with van der Waals surface area (Å²) in [4.78, 5) is 0. The molecule has 1 unspecified atom stereocenters. The van der Waals surface area contributed by atoms with Crippen molar-refractivity contribution in [3.05, 3.63) is 35.9 Å². The number of hydrogen-bond acceptors (Lipinski definition) is 3. The van der Waals surface area contributed by atoms with Crippen LogP contribution in [0.15, 0.2) is 30.3 Å². The van der Waals surface area contributed by atoms with Gasteiger partial charge < -0.3 is 13.6 Å².